The van der Waals surface area contributed by atoms with Gasteiger partial charge in [-0.2, -0.15) is 0 Å². The third-order valence-corrected chi connectivity index (χ3v) is 9.50. The summed E-state index contributed by atoms with van der Waals surface area (Å²) >= 11 is 0. The fourth-order valence-electron chi connectivity index (χ4n) is 7.17. The topological polar surface area (TPSA) is 28.4 Å². The molecule has 242 valence electrons. The average Bonchev–Trinajstić information content (AvgIpc) is 3.59. The standard InChI is InChI=1S/C48H34N2O/c1-3-18-34(19-4-1)36-22-7-12-29-43(36)49-44-30-13-8-23-37(44)38-24-9-14-31-45(38)50(35-20-5-2-6-21-35)46-32-15-10-25-39(46)41-27-17-28-42-40-26-11-16-33-47(40)51-48(41)42/h1-33,49H. The van der Waals surface area contributed by atoms with Crippen LogP contribution in [0.4, 0.5) is 28.4 Å². The zero-order valence-corrected chi connectivity index (χ0v) is 27.9. The second-order valence-corrected chi connectivity index (χ2v) is 12.6. The maximum Gasteiger partial charge on any atom is 0.143 e. The third-order valence-electron chi connectivity index (χ3n) is 9.50. The monoisotopic (exact) mass is 654 g/mol. The lowest BCUT2D eigenvalue weighted by Crippen LogP contribution is -2.12. The predicted octanol–water partition coefficient (Wildman–Crippen LogP) is 13.8. The number of nitrogens with one attached hydrogen (secondary N) is 1. The Hall–Kier alpha value is -6.84. The Labute approximate surface area is 297 Å². The summed E-state index contributed by atoms with van der Waals surface area (Å²) in [6.07, 6.45) is 0. The van der Waals surface area contributed by atoms with Gasteiger partial charge in [0, 0.05) is 55.7 Å². The Bertz CT molecular complexity index is 2620. The molecule has 9 aromatic rings. The molecule has 1 heterocycles. The van der Waals surface area contributed by atoms with Gasteiger partial charge in [0.05, 0.1) is 11.4 Å². The van der Waals surface area contributed by atoms with Crippen molar-refractivity contribution in [3.8, 4) is 33.4 Å². The molecule has 0 radical (unpaired) electrons. The Morgan fingerprint density at radius 2 is 0.843 bits per heavy atom. The molecule has 0 saturated carbocycles. The van der Waals surface area contributed by atoms with Crippen LogP contribution in [0.25, 0.3) is 55.3 Å². The lowest BCUT2D eigenvalue weighted by Gasteiger charge is -2.30. The van der Waals surface area contributed by atoms with Crippen molar-refractivity contribution >= 4 is 50.4 Å². The highest BCUT2D eigenvalue weighted by Gasteiger charge is 2.23. The van der Waals surface area contributed by atoms with E-state index in [1.807, 2.05) is 12.1 Å². The van der Waals surface area contributed by atoms with E-state index in [4.69, 9.17) is 4.42 Å². The molecule has 0 saturated heterocycles. The Balaban J connectivity index is 1.22. The van der Waals surface area contributed by atoms with Gasteiger partial charge in [-0.25, -0.2) is 0 Å². The summed E-state index contributed by atoms with van der Waals surface area (Å²) < 4.78 is 6.56. The first-order valence-electron chi connectivity index (χ1n) is 17.3. The van der Waals surface area contributed by atoms with E-state index in [0.717, 1.165) is 78.2 Å². The minimum atomic E-state index is 0.888. The molecule has 8 aromatic carbocycles. The number of furan rings is 1. The van der Waals surface area contributed by atoms with E-state index in [9.17, 15) is 0 Å². The third kappa shape index (κ3) is 5.61. The lowest BCUT2D eigenvalue weighted by atomic mass is 9.96. The van der Waals surface area contributed by atoms with Crippen molar-refractivity contribution in [3.63, 3.8) is 0 Å². The van der Waals surface area contributed by atoms with Gasteiger partial charge in [0.1, 0.15) is 11.2 Å². The van der Waals surface area contributed by atoms with Gasteiger partial charge in [-0.1, -0.05) is 158 Å². The van der Waals surface area contributed by atoms with Gasteiger partial charge in [0.2, 0.25) is 0 Å². The van der Waals surface area contributed by atoms with E-state index in [1.54, 1.807) is 0 Å². The summed E-state index contributed by atoms with van der Waals surface area (Å²) in [5, 5.41) is 6.05. The van der Waals surface area contributed by atoms with E-state index in [0.29, 0.717) is 0 Å². The molecule has 3 heteroatoms. The number of para-hydroxylation sites is 7. The number of anilines is 5. The Morgan fingerprint density at radius 1 is 0.353 bits per heavy atom. The summed E-state index contributed by atoms with van der Waals surface area (Å²) in [6, 6.07) is 70.3. The van der Waals surface area contributed by atoms with Crippen molar-refractivity contribution in [2.45, 2.75) is 0 Å². The maximum atomic E-state index is 6.56. The molecule has 0 aliphatic heterocycles. The van der Waals surface area contributed by atoms with Crippen LogP contribution in [0.2, 0.25) is 0 Å². The first-order valence-corrected chi connectivity index (χ1v) is 17.3. The van der Waals surface area contributed by atoms with E-state index < -0.39 is 0 Å². The summed E-state index contributed by atoms with van der Waals surface area (Å²) in [4.78, 5) is 2.38. The van der Waals surface area contributed by atoms with Gasteiger partial charge in [-0.05, 0) is 48.0 Å². The summed E-state index contributed by atoms with van der Waals surface area (Å²) in [5.41, 5.74) is 13.7. The molecule has 0 spiro atoms. The van der Waals surface area contributed by atoms with E-state index >= 15 is 0 Å². The molecule has 51 heavy (non-hydrogen) atoms. The van der Waals surface area contributed by atoms with Crippen LogP contribution in [0, 0.1) is 0 Å². The van der Waals surface area contributed by atoms with Crippen molar-refractivity contribution in [1.82, 2.24) is 0 Å². The summed E-state index contributed by atoms with van der Waals surface area (Å²) in [6.45, 7) is 0. The van der Waals surface area contributed by atoms with Crippen molar-refractivity contribution in [2.24, 2.45) is 0 Å². The SMILES string of the molecule is c1ccc(-c2ccccc2Nc2ccccc2-c2ccccc2N(c2ccccc2)c2ccccc2-c2cccc3c2oc2ccccc23)cc1. The number of nitrogens with zero attached hydrogens (tertiary/aromatic N) is 1. The molecule has 0 fully saturated rings. The van der Waals surface area contributed by atoms with Gasteiger partial charge in [-0.15, -0.1) is 0 Å². The van der Waals surface area contributed by atoms with Crippen LogP contribution in [0.1, 0.15) is 0 Å². The number of hydrogen-bond acceptors (Lipinski definition) is 3. The van der Waals surface area contributed by atoms with Crippen LogP contribution in [-0.4, -0.2) is 0 Å². The van der Waals surface area contributed by atoms with Gasteiger partial charge in [0.25, 0.3) is 0 Å². The Kier molecular flexibility index (Phi) is 7.84. The van der Waals surface area contributed by atoms with Gasteiger partial charge in [0.15, 0.2) is 0 Å². The number of benzene rings is 8. The first-order chi connectivity index (χ1) is 25.3. The fourth-order valence-corrected chi connectivity index (χ4v) is 7.17. The van der Waals surface area contributed by atoms with Crippen LogP contribution >= 0.6 is 0 Å². The van der Waals surface area contributed by atoms with Crippen LogP contribution in [0.15, 0.2) is 205 Å². The molecule has 0 bridgehead atoms. The van der Waals surface area contributed by atoms with Crippen LogP contribution in [0.5, 0.6) is 0 Å². The van der Waals surface area contributed by atoms with Crippen molar-refractivity contribution in [2.75, 3.05) is 10.2 Å². The predicted molar refractivity (Wildman–Crippen MR) is 214 cm³/mol. The second kappa shape index (κ2) is 13.2. The molecule has 0 unspecified atom stereocenters. The van der Waals surface area contributed by atoms with Crippen LogP contribution in [-0.2, 0) is 0 Å². The smallest absolute Gasteiger partial charge is 0.143 e. The number of fused-ring (bicyclic) bond motifs is 3. The zero-order valence-electron chi connectivity index (χ0n) is 27.9. The van der Waals surface area contributed by atoms with Gasteiger partial charge >= 0.3 is 0 Å². The molecule has 1 aromatic heterocycles. The molecule has 0 amide bonds. The lowest BCUT2D eigenvalue weighted by molar-refractivity contribution is 0.670. The first kappa shape index (κ1) is 30.2. The van der Waals surface area contributed by atoms with Crippen LogP contribution in [0.3, 0.4) is 0 Å². The highest BCUT2D eigenvalue weighted by Crippen LogP contribution is 2.47. The molecule has 0 aliphatic carbocycles. The summed E-state index contributed by atoms with van der Waals surface area (Å²) in [5.74, 6) is 0. The molecular weight excluding hydrogens is 621 g/mol. The zero-order chi connectivity index (χ0) is 34.0. The number of hydrogen-bond donors (Lipinski definition) is 1. The molecule has 0 atom stereocenters. The minimum Gasteiger partial charge on any atom is -0.455 e. The largest absolute Gasteiger partial charge is 0.455 e. The van der Waals surface area contributed by atoms with E-state index in [2.05, 4.69) is 198 Å². The average molecular weight is 655 g/mol. The number of rotatable bonds is 8. The van der Waals surface area contributed by atoms with Crippen molar-refractivity contribution in [1.29, 1.82) is 0 Å². The highest BCUT2D eigenvalue weighted by molar-refractivity contribution is 6.11. The normalized spacial score (nSPS) is 11.1. The molecule has 1 N–H and O–H groups in total. The van der Waals surface area contributed by atoms with Gasteiger partial charge in [-0.3, -0.25) is 0 Å². The molecule has 9 rings (SSSR count). The minimum absolute atomic E-state index is 0.888. The van der Waals surface area contributed by atoms with Gasteiger partial charge < -0.3 is 14.6 Å². The molecule has 3 nitrogen and oxygen atoms in total. The van der Waals surface area contributed by atoms with Crippen LogP contribution < -0.4 is 10.2 Å². The molecule has 0 aliphatic rings. The van der Waals surface area contributed by atoms with Crippen molar-refractivity contribution in [3.05, 3.63) is 200 Å². The highest BCUT2D eigenvalue weighted by atomic mass is 16.3. The second-order valence-electron chi connectivity index (χ2n) is 12.6. The Morgan fingerprint density at radius 3 is 1.57 bits per heavy atom. The van der Waals surface area contributed by atoms with E-state index in [-0.39, 0.29) is 0 Å². The van der Waals surface area contributed by atoms with Crippen molar-refractivity contribution < 1.29 is 4.42 Å². The maximum absolute atomic E-state index is 6.56. The quantitative estimate of drug-likeness (QED) is 0.177. The summed E-state index contributed by atoms with van der Waals surface area (Å²) in [7, 11) is 0. The fraction of sp³-hybridized carbons (Fsp3) is 0. The molecular formula is C48H34N2O. The van der Waals surface area contributed by atoms with E-state index in [1.165, 1.54) is 5.56 Å².